The number of hydrogen-bond donors (Lipinski definition) is 1. The van der Waals surface area contributed by atoms with Crippen LogP contribution in [0.2, 0.25) is 0 Å². The van der Waals surface area contributed by atoms with Gasteiger partial charge in [-0.25, -0.2) is 5.01 Å². The van der Waals surface area contributed by atoms with Gasteiger partial charge >= 0.3 is 0 Å². The van der Waals surface area contributed by atoms with E-state index < -0.39 is 0 Å². The van der Waals surface area contributed by atoms with Crippen molar-refractivity contribution in [3.8, 4) is 6.07 Å². The standard InChI is InChI=1S/C18H20N4/c19-14-16-5-4-6-17(13-16)15-22(18-7-2-1-3-8-18)21-11-9-20-10-12-21/h1-8,13,20H,9-12,15H2. The van der Waals surface area contributed by atoms with Crippen LogP contribution in [-0.4, -0.2) is 31.2 Å². The second-order valence-corrected chi connectivity index (χ2v) is 5.41. The SMILES string of the molecule is N#Cc1cccc(CN(c2ccccc2)N2CCNCC2)c1. The van der Waals surface area contributed by atoms with Crippen molar-refractivity contribution in [1.82, 2.24) is 10.3 Å². The minimum absolute atomic E-state index is 0.714. The Morgan fingerprint density at radius 2 is 1.82 bits per heavy atom. The Kier molecular flexibility index (Phi) is 4.69. The van der Waals surface area contributed by atoms with E-state index in [2.05, 4.69) is 51.7 Å². The Labute approximate surface area is 131 Å². The van der Waals surface area contributed by atoms with Crippen LogP contribution in [-0.2, 0) is 6.54 Å². The fraction of sp³-hybridized carbons (Fsp3) is 0.278. The number of rotatable bonds is 4. The molecule has 0 aromatic heterocycles. The number of hydrogen-bond acceptors (Lipinski definition) is 4. The van der Waals surface area contributed by atoms with Crippen molar-refractivity contribution in [2.45, 2.75) is 6.54 Å². The molecule has 0 aliphatic carbocycles. The summed E-state index contributed by atoms with van der Waals surface area (Å²) in [4.78, 5) is 0. The largest absolute Gasteiger partial charge is 0.314 e. The van der Waals surface area contributed by atoms with Crippen LogP contribution in [0, 0.1) is 11.3 Å². The summed E-state index contributed by atoms with van der Waals surface area (Å²) < 4.78 is 0. The second-order valence-electron chi connectivity index (χ2n) is 5.41. The number of nitrogens with zero attached hydrogens (tertiary/aromatic N) is 3. The molecule has 1 aliphatic rings. The van der Waals surface area contributed by atoms with Gasteiger partial charge in [-0.1, -0.05) is 30.3 Å². The maximum atomic E-state index is 9.08. The van der Waals surface area contributed by atoms with Crippen LogP contribution in [0.1, 0.15) is 11.1 Å². The van der Waals surface area contributed by atoms with E-state index in [-0.39, 0.29) is 0 Å². The molecule has 3 rings (SSSR count). The Morgan fingerprint density at radius 3 is 2.55 bits per heavy atom. The van der Waals surface area contributed by atoms with Crippen LogP contribution in [0.25, 0.3) is 0 Å². The Hall–Kier alpha value is -2.35. The molecule has 1 saturated heterocycles. The molecule has 4 heteroatoms. The van der Waals surface area contributed by atoms with E-state index in [1.54, 1.807) is 0 Å². The van der Waals surface area contributed by atoms with Crippen LogP contribution < -0.4 is 10.3 Å². The molecule has 22 heavy (non-hydrogen) atoms. The van der Waals surface area contributed by atoms with E-state index in [1.807, 2.05) is 24.3 Å². The van der Waals surface area contributed by atoms with Gasteiger partial charge in [-0.2, -0.15) is 5.26 Å². The average Bonchev–Trinajstić information content (AvgIpc) is 2.61. The molecule has 1 N–H and O–H groups in total. The molecule has 0 spiro atoms. The third kappa shape index (κ3) is 3.45. The fourth-order valence-corrected chi connectivity index (χ4v) is 2.76. The van der Waals surface area contributed by atoms with Crippen molar-refractivity contribution in [2.75, 3.05) is 31.2 Å². The molecular formula is C18H20N4. The maximum absolute atomic E-state index is 9.08. The van der Waals surface area contributed by atoms with E-state index in [4.69, 9.17) is 5.26 Å². The normalized spacial score (nSPS) is 15.2. The van der Waals surface area contributed by atoms with Crippen molar-refractivity contribution in [3.63, 3.8) is 0 Å². The Balaban J connectivity index is 1.86. The first-order valence-corrected chi connectivity index (χ1v) is 7.64. The van der Waals surface area contributed by atoms with Gasteiger partial charge in [0.05, 0.1) is 23.9 Å². The summed E-state index contributed by atoms with van der Waals surface area (Å²) in [5, 5.41) is 17.2. The summed E-state index contributed by atoms with van der Waals surface area (Å²) >= 11 is 0. The van der Waals surface area contributed by atoms with Crippen LogP contribution >= 0.6 is 0 Å². The van der Waals surface area contributed by atoms with Crippen LogP contribution in [0.15, 0.2) is 54.6 Å². The molecule has 0 atom stereocenters. The average molecular weight is 292 g/mol. The zero-order chi connectivity index (χ0) is 15.2. The summed E-state index contributed by atoms with van der Waals surface area (Å²) in [5.74, 6) is 0. The summed E-state index contributed by atoms with van der Waals surface area (Å²) in [7, 11) is 0. The van der Waals surface area contributed by atoms with Crippen molar-refractivity contribution < 1.29 is 0 Å². The number of benzene rings is 2. The highest BCUT2D eigenvalue weighted by atomic mass is 15.6. The predicted molar refractivity (Wildman–Crippen MR) is 88.2 cm³/mol. The minimum atomic E-state index is 0.714. The quantitative estimate of drug-likeness (QED) is 0.939. The van der Waals surface area contributed by atoms with Crippen molar-refractivity contribution >= 4 is 5.69 Å². The van der Waals surface area contributed by atoms with Crippen molar-refractivity contribution in [3.05, 3.63) is 65.7 Å². The first-order chi connectivity index (χ1) is 10.9. The molecule has 1 heterocycles. The van der Waals surface area contributed by atoms with Crippen LogP contribution in [0.3, 0.4) is 0 Å². The molecule has 4 nitrogen and oxygen atoms in total. The lowest BCUT2D eigenvalue weighted by atomic mass is 10.1. The molecule has 0 unspecified atom stereocenters. The van der Waals surface area contributed by atoms with Gasteiger partial charge in [0.15, 0.2) is 0 Å². The number of piperazine rings is 1. The minimum Gasteiger partial charge on any atom is -0.314 e. The van der Waals surface area contributed by atoms with Crippen molar-refractivity contribution in [2.24, 2.45) is 0 Å². The molecule has 1 aliphatic heterocycles. The molecule has 0 radical (unpaired) electrons. The molecule has 0 amide bonds. The van der Waals surface area contributed by atoms with Gasteiger partial charge in [0.25, 0.3) is 0 Å². The van der Waals surface area contributed by atoms with Crippen LogP contribution in [0.4, 0.5) is 5.69 Å². The summed E-state index contributed by atoms with van der Waals surface area (Å²) in [6.07, 6.45) is 0. The monoisotopic (exact) mass is 292 g/mol. The highest BCUT2D eigenvalue weighted by Gasteiger charge is 2.18. The number of para-hydroxylation sites is 1. The molecular weight excluding hydrogens is 272 g/mol. The number of anilines is 1. The predicted octanol–water partition coefficient (Wildman–Crippen LogP) is 2.39. The van der Waals surface area contributed by atoms with E-state index in [0.717, 1.165) is 38.3 Å². The Morgan fingerprint density at radius 1 is 1.05 bits per heavy atom. The molecule has 0 bridgehead atoms. The second kappa shape index (κ2) is 7.08. The maximum Gasteiger partial charge on any atom is 0.0991 e. The van der Waals surface area contributed by atoms with Gasteiger partial charge in [-0.3, -0.25) is 0 Å². The lowest BCUT2D eigenvalue weighted by Crippen LogP contribution is -2.52. The summed E-state index contributed by atoms with van der Waals surface area (Å²) in [6.45, 7) is 4.77. The number of hydrazine groups is 1. The van der Waals surface area contributed by atoms with Crippen molar-refractivity contribution in [1.29, 1.82) is 5.26 Å². The third-order valence-corrected chi connectivity index (χ3v) is 3.88. The van der Waals surface area contributed by atoms with E-state index >= 15 is 0 Å². The first-order valence-electron chi connectivity index (χ1n) is 7.64. The molecule has 0 saturated carbocycles. The van der Waals surface area contributed by atoms with E-state index in [1.165, 1.54) is 5.69 Å². The topological polar surface area (TPSA) is 42.3 Å². The highest BCUT2D eigenvalue weighted by Crippen LogP contribution is 2.20. The van der Waals surface area contributed by atoms with Gasteiger partial charge in [-0.05, 0) is 29.8 Å². The molecule has 1 fully saturated rings. The zero-order valence-electron chi connectivity index (χ0n) is 12.6. The van der Waals surface area contributed by atoms with Gasteiger partial charge in [0.2, 0.25) is 0 Å². The highest BCUT2D eigenvalue weighted by molar-refractivity contribution is 5.46. The van der Waals surface area contributed by atoms with Gasteiger partial charge in [0.1, 0.15) is 0 Å². The Bertz CT molecular complexity index is 642. The van der Waals surface area contributed by atoms with E-state index in [9.17, 15) is 0 Å². The number of nitriles is 1. The van der Waals surface area contributed by atoms with Gasteiger partial charge < -0.3 is 10.3 Å². The van der Waals surface area contributed by atoms with Gasteiger partial charge in [0, 0.05) is 26.2 Å². The zero-order valence-corrected chi connectivity index (χ0v) is 12.6. The first kappa shape index (κ1) is 14.6. The summed E-state index contributed by atoms with van der Waals surface area (Å²) in [5.41, 5.74) is 3.05. The lowest BCUT2D eigenvalue weighted by molar-refractivity contribution is 0.216. The smallest absolute Gasteiger partial charge is 0.0991 e. The van der Waals surface area contributed by atoms with Crippen LogP contribution in [0.5, 0.6) is 0 Å². The summed E-state index contributed by atoms with van der Waals surface area (Å²) in [6, 6.07) is 20.5. The lowest BCUT2D eigenvalue weighted by Gasteiger charge is -2.39. The van der Waals surface area contributed by atoms with Gasteiger partial charge in [-0.15, -0.1) is 0 Å². The third-order valence-electron chi connectivity index (χ3n) is 3.88. The number of nitrogens with one attached hydrogen (secondary N) is 1. The molecule has 2 aromatic carbocycles. The molecule has 2 aromatic rings. The fourth-order valence-electron chi connectivity index (χ4n) is 2.76. The molecule has 112 valence electrons. The van der Waals surface area contributed by atoms with E-state index in [0.29, 0.717) is 5.56 Å².